The Labute approximate surface area is 181 Å². The van der Waals surface area contributed by atoms with E-state index in [1.807, 2.05) is 12.1 Å². The topological polar surface area (TPSA) is 106 Å². The van der Waals surface area contributed by atoms with E-state index in [2.05, 4.69) is 30.8 Å². The minimum atomic E-state index is -4.55. The zero-order chi connectivity index (χ0) is 22.6. The van der Waals surface area contributed by atoms with Crippen molar-refractivity contribution < 1.29 is 27.4 Å². The lowest BCUT2D eigenvalue weighted by atomic mass is 10.1. The molecule has 1 atom stereocenters. The molecule has 0 unspecified atom stereocenters. The van der Waals surface area contributed by atoms with Gasteiger partial charge in [-0.3, -0.25) is 5.10 Å². The number of hydrogen-bond acceptors (Lipinski definition) is 8. The fraction of sp³-hybridized carbons (Fsp3) is 0.350. The van der Waals surface area contributed by atoms with Crippen LogP contribution in [-0.4, -0.2) is 59.7 Å². The van der Waals surface area contributed by atoms with Crippen LogP contribution in [0.3, 0.4) is 0 Å². The normalized spacial score (nSPS) is 16.6. The van der Waals surface area contributed by atoms with Crippen molar-refractivity contribution in [2.75, 3.05) is 38.7 Å². The smallest absolute Gasteiger partial charge is 0.434 e. The number of aromatic nitrogens is 4. The van der Waals surface area contributed by atoms with Crippen molar-refractivity contribution in [2.45, 2.75) is 12.3 Å². The standard InChI is InChI=1S/C20H21F3N6O3/c1-30-14-3-2-4-15(32-11-12-8-24-5-6-31-12)19(14)13-7-17(29-28-13)27-18-10-25-16(9-26-18)20(21,22)23/h2-4,7,9-10,12,24H,5-6,8,11H2,1H3,(H2,26,27,28,29)/t12-/m0/s1. The van der Waals surface area contributed by atoms with E-state index in [1.165, 1.54) is 0 Å². The molecule has 9 nitrogen and oxygen atoms in total. The number of ether oxygens (including phenoxy) is 3. The second-order valence-electron chi connectivity index (χ2n) is 6.92. The zero-order valence-corrected chi connectivity index (χ0v) is 17.1. The predicted molar refractivity (Wildman–Crippen MR) is 109 cm³/mol. The van der Waals surface area contributed by atoms with Crippen LogP contribution in [0.4, 0.5) is 24.8 Å². The van der Waals surface area contributed by atoms with Gasteiger partial charge in [-0.1, -0.05) is 6.07 Å². The van der Waals surface area contributed by atoms with Crippen LogP contribution in [0.2, 0.25) is 0 Å². The van der Waals surface area contributed by atoms with Crippen LogP contribution in [-0.2, 0) is 10.9 Å². The minimum Gasteiger partial charge on any atom is -0.496 e. The Kier molecular flexibility index (Phi) is 6.42. The molecule has 1 aromatic carbocycles. The van der Waals surface area contributed by atoms with Crippen molar-refractivity contribution in [3.05, 3.63) is 42.4 Å². The number of rotatable bonds is 7. The van der Waals surface area contributed by atoms with E-state index in [1.54, 1.807) is 19.2 Å². The third kappa shape index (κ3) is 5.08. The molecule has 1 fully saturated rings. The number of alkyl halides is 3. The molecule has 1 saturated heterocycles. The Morgan fingerprint density at radius 2 is 2.03 bits per heavy atom. The molecular weight excluding hydrogens is 429 g/mol. The van der Waals surface area contributed by atoms with Gasteiger partial charge in [0.15, 0.2) is 11.5 Å². The molecule has 1 aliphatic rings. The Morgan fingerprint density at radius 1 is 1.19 bits per heavy atom. The number of benzene rings is 1. The summed E-state index contributed by atoms with van der Waals surface area (Å²) in [6.07, 6.45) is -2.97. The number of aromatic amines is 1. The van der Waals surface area contributed by atoms with Crippen molar-refractivity contribution in [3.63, 3.8) is 0 Å². The molecule has 170 valence electrons. The molecule has 0 amide bonds. The minimum absolute atomic E-state index is 0.0694. The molecule has 0 saturated carbocycles. The first kappa shape index (κ1) is 21.8. The fourth-order valence-corrected chi connectivity index (χ4v) is 3.16. The molecular formula is C20H21F3N6O3. The molecule has 12 heteroatoms. The maximum absolute atomic E-state index is 12.7. The van der Waals surface area contributed by atoms with Gasteiger partial charge in [0, 0.05) is 19.2 Å². The number of nitrogens with zero attached hydrogens (tertiary/aromatic N) is 3. The summed E-state index contributed by atoms with van der Waals surface area (Å²) in [5.41, 5.74) is 0.166. The first-order valence-electron chi connectivity index (χ1n) is 9.78. The van der Waals surface area contributed by atoms with E-state index in [-0.39, 0.29) is 11.9 Å². The van der Waals surface area contributed by atoms with Gasteiger partial charge in [-0.05, 0) is 12.1 Å². The maximum atomic E-state index is 12.7. The van der Waals surface area contributed by atoms with Crippen LogP contribution in [0.5, 0.6) is 11.5 Å². The summed E-state index contributed by atoms with van der Waals surface area (Å²) in [5, 5.41) is 13.1. The molecule has 0 aliphatic carbocycles. The van der Waals surface area contributed by atoms with Crippen molar-refractivity contribution in [2.24, 2.45) is 0 Å². The molecule has 3 heterocycles. The molecule has 0 spiro atoms. The van der Waals surface area contributed by atoms with Crippen molar-refractivity contribution in [1.29, 1.82) is 0 Å². The molecule has 1 aliphatic heterocycles. The van der Waals surface area contributed by atoms with Gasteiger partial charge >= 0.3 is 6.18 Å². The lowest BCUT2D eigenvalue weighted by Gasteiger charge is -2.24. The molecule has 3 aromatic rings. The fourth-order valence-electron chi connectivity index (χ4n) is 3.16. The molecule has 3 N–H and O–H groups in total. The van der Waals surface area contributed by atoms with Gasteiger partial charge < -0.3 is 24.8 Å². The molecule has 4 rings (SSSR count). The molecule has 32 heavy (non-hydrogen) atoms. The van der Waals surface area contributed by atoms with Crippen LogP contribution >= 0.6 is 0 Å². The lowest BCUT2D eigenvalue weighted by molar-refractivity contribution is -0.141. The highest BCUT2D eigenvalue weighted by Gasteiger charge is 2.32. The van der Waals surface area contributed by atoms with E-state index in [4.69, 9.17) is 14.2 Å². The number of hydrogen-bond donors (Lipinski definition) is 3. The molecule has 0 bridgehead atoms. The summed E-state index contributed by atoms with van der Waals surface area (Å²) in [5.74, 6) is 1.60. The van der Waals surface area contributed by atoms with Crippen LogP contribution in [0.15, 0.2) is 36.7 Å². The number of nitrogens with one attached hydrogen (secondary N) is 3. The van der Waals surface area contributed by atoms with Crippen molar-refractivity contribution in [3.8, 4) is 22.8 Å². The summed E-state index contributed by atoms with van der Waals surface area (Å²) in [6, 6.07) is 7.08. The Balaban J connectivity index is 1.52. The van der Waals surface area contributed by atoms with Gasteiger partial charge in [-0.2, -0.15) is 18.3 Å². The number of H-pyrrole nitrogens is 1. The van der Waals surface area contributed by atoms with E-state index in [9.17, 15) is 13.2 Å². The van der Waals surface area contributed by atoms with Crippen LogP contribution in [0.25, 0.3) is 11.3 Å². The average Bonchev–Trinajstić information content (AvgIpc) is 3.25. The third-order valence-electron chi connectivity index (χ3n) is 4.68. The highest BCUT2D eigenvalue weighted by Crippen LogP contribution is 2.38. The Hall–Kier alpha value is -3.38. The second kappa shape index (κ2) is 9.40. The van der Waals surface area contributed by atoms with Gasteiger partial charge in [-0.25, -0.2) is 9.97 Å². The number of morpholine rings is 1. The average molecular weight is 450 g/mol. The van der Waals surface area contributed by atoms with Crippen LogP contribution < -0.4 is 20.1 Å². The first-order valence-corrected chi connectivity index (χ1v) is 9.78. The van der Waals surface area contributed by atoms with Crippen molar-refractivity contribution in [1.82, 2.24) is 25.5 Å². The van der Waals surface area contributed by atoms with Gasteiger partial charge in [0.05, 0.1) is 37.4 Å². The molecule has 0 radical (unpaired) electrons. The quantitative estimate of drug-likeness (QED) is 0.505. The van der Waals surface area contributed by atoms with E-state index < -0.39 is 11.9 Å². The van der Waals surface area contributed by atoms with E-state index in [0.717, 1.165) is 12.7 Å². The Bertz CT molecular complexity index is 1040. The van der Waals surface area contributed by atoms with Crippen molar-refractivity contribution >= 4 is 11.6 Å². The van der Waals surface area contributed by atoms with Gasteiger partial charge in [0.25, 0.3) is 0 Å². The molecule has 2 aromatic heterocycles. The van der Waals surface area contributed by atoms with Gasteiger partial charge in [0.2, 0.25) is 0 Å². The highest BCUT2D eigenvalue weighted by atomic mass is 19.4. The summed E-state index contributed by atoms with van der Waals surface area (Å²) < 4.78 is 55.1. The summed E-state index contributed by atoms with van der Waals surface area (Å²) in [4.78, 5) is 7.11. The summed E-state index contributed by atoms with van der Waals surface area (Å²) in [6.45, 7) is 2.49. The monoisotopic (exact) mass is 450 g/mol. The predicted octanol–water partition coefficient (Wildman–Crippen LogP) is 3.00. The van der Waals surface area contributed by atoms with E-state index in [0.29, 0.717) is 54.5 Å². The number of anilines is 2. The van der Waals surface area contributed by atoms with Crippen LogP contribution in [0.1, 0.15) is 5.69 Å². The number of halogens is 3. The first-order chi connectivity index (χ1) is 15.4. The largest absolute Gasteiger partial charge is 0.496 e. The van der Waals surface area contributed by atoms with E-state index >= 15 is 0 Å². The van der Waals surface area contributed by atoms with Gasteiger partial charge in [-0.15, -0.1) is 0 Å². The maximum Gasteiger partial charge on any atom is 0.434 e. The van der Waals surface area contributed by atoms with Gasteiger partial charge in [0.1, 0.15) is 30.0 Å². The number of methoxy groups -OCH3 is 1. The second-order valence-corrected chi connectivity index (χ2v) is 6.92. The lowest BCUT2D eigenvalue weighted by Crippen LogP contribution is -2.41. The third-order valence-corrected chi connectivity index (χ3v) is 4.68. The summed E-state index contributed by atoms with van der Waals surface area (Å²) >= 11 is 0. The summed E-state index contributed by atoms with van der Waals surface area (Å²) in [7, 11) is 1.55. The van der Waals surface area contributed by atoms with Crippen LogP contribution in [0, 0.1) is 0 Å². The SMILES string of the molecule is COc1cccc(OC[C@@H]2CNCCO2)c1-c1cc(Nc2cnc(C(F)(F)F)cn2)n[nH]1. The zero-order valence-electron chi connectivity index (χ0n) is 17.1. The Morgan fingerprint density at radius 3 is 2.72 bits per heavy atom. The highest BCUT2D eigenvalue weighted by molar-refractivity contribution is 5.76.